The third-order valence-electron chi connectivity index (χ3n) is 4.03. The molecule has 0 aromatic heterocycles. The fourth-order valence-electron chi connectivity index (χ4n) is 2.69. The number of hydrogen-bond acceptors (Lipinski definition) is 3. The average molecular weight is 389 g/mol. The smallest absolute Gasteiger partial charge is 0.335 e. The highest BCUT2D eigenvalue weighted by molar-refractivity contribution is 6.06. The normalized spacial score (nSPS) is 10.1. The maximum atomic E-state index is 12.5. The van der Waals surface area contributed by atoms with Gasteiger partial charge in [0.15, 0.2) is 0 Å². The van der Waals surface area contributed by atoms with E-state index in [4.69, 9.17) is 5.11 Å². The summed E-state index contributed by atoms with van der Waals surface area (Å²) in [5, 5.41) is 17.0. The van der Waals surface area contributed by atoms with Crippen molar-refractivity contribution in [3.8, 4) is 0 Å². The molecule has 146 valence electrons. The molecule has 0 aliphatic carbocycles. The number of hydrogen-bond donors (Lipinski definition) is 4. The van der Waals surface area contributed by atoms with E-state index in [9.17, 15) is 14.4 Å². The van der Waals surface area contributed by atoms with Gasteiger partial charge in [-0.25, -0.2) is 9.59 Å². The van der Waals surface area contributed by atoms with Crippen LogP contribution in [0.2, 0.25) is 0 Å². The Balaban J connectivity index is 1.66. The minimum absolute atomic E-state index is 0.0672. The zero-order chi connectivity index (χ0) is 20.8. The zero-order valence-electron chi connectivity index (χ0n) is 15.6. The molecule has 0 saturated heterocycles. The number of urea groups is 1. The third kappa shape index (κ3) is 5.43. The second-order valence-corrected chi connectivity index (χ2v) is 6.37. The molecule has 0 spiro atoms. The molecule has 0 unspecified atom stereocenters. The zero-order valence-corrected chi connectivity index (χ0v) is 15.6. The van der Waals surface area contributed by atoms with Gasteiger partial charge in [0.05, 0.1) is 5.56 Å². The van der Waals surface area contributed by atoms with E-state index in [2.05, 4.69) is 16.0 Å². The van der Waals surface area contributed by atoms with Crippen LogP contribution in [0.25, 0.3) is 0 Å². The van der Waals surface area contributed by atoms with Crippen LogP contribution >= 0.6 is 0 Å². The van der Waals surface area contributed by atoms with E-state index in [1.54, 1.807) is 36.4 Å². The Labute approximate surface area is 167 Å². The molecular weight excluding hydrogens is 370 g/mol. The summed E-state index contributed by atoms with van der Waals surface area (Å²) in [6.07, 6.45) is 0. The number of benzene rings is 3. The number of carbonyl (C=O) groups is 3. The highest BCUT2D eigenvalue weighted by atomic mass is 16.4. The number of aryl methyl sites for hydroxylation is 1. The molecule has 3 aromatic rings. The van der Waals surface area contributed by atoms with Gasteiger partial charge >= 0.3 is 12.0 Å². The van der Waals surface area contributed by atoms with E-state index in [1.807, 2.05) is 25.1 Å². The molecule has 0 atom stereocenters. The highest BCUT2D eigenvalue weighted by Gasteiger charge is 2.10. The summed E-state index contributed by atoms with van der Waals surface area (Å²) in [5.41, 5.74) is 2.94. The molecule has 0 heterocycles. The minimum Gasteiger partial charge on any atom is -0.478 e. The van der Waals surface area contributed by atoms with E-state index < -0.39 is 12.0 Å². The quantitative estimate of drug-likeness (QED) is 0.512. The van der Waals surface area contributed by atoms with Crippen molar-refractivity contribution >= 4 is 35.0 Å². The van der Waals surface area contributed by atoms with Gasteiger partial charge in [-0.3, -0.25) is 4.79 Å². The van der Waals surface area contributed by atoms with E-state index in [1.165, 1.54) is 18.2 Å². The van der Waals surface area contributed by atoms with Gasteiger partial charge in [-0.15, -0.1) is 0 Å². The first kappa shape index (κ1) is 19.6. The molecule has 0 fully saturated rings. The van der Waals surface area contributed by atoms with E-state index in [0.29, 0.717) is 22.6 Å². The fourth-order valence-corrected chi connectivity index (χ4v) is 2.69. The Kier molecular flexibility index (Phi) is 5.89. The summed E-state index contributed by atoms with van der Waals surface area (Å²) < 4.78 is 0. The van der Waals surface area contributed by atoms with Gasteiger partial charge in [-0.1, -0.05) is 24.3 Å². The summed E-state index contributed by atoms with van der Waals surface area (Å²) in [4.78, 5) is 35.7. The molecule has 3 amide bonds. The standard InChI is InChI=1S/C22H19N3O4/c1-14-5-2-8-17(11-14)23-20(26)15-6-3-9-18(12-15)24-22(29)25-19-10-4-7-16(13-19)21(27)28/h2-13H,1H3,(H,23,26)(H,27,28)(H2,24,25,29). The largest absolute Gasteiger partial charge is 0.478 e. The van der Waals surface area contributed by atoms with Gasteiger partial charge in [-0.2, -0.15) is 0 Å². The molecule has 0 aliphatic heterocycles. The summed E-state index contributed by atoms with van der Waals surface area (Å²) in [7, 11) is 0. The molecule has 3 rings (SSSR count). The number of carboxylic acids is 1. The maximum Gasteiger partial charge on any atom is 0.335 e. The molecule has 4 N–H and O–H groups in total. The van der Waals surface area contributed by atoms with Crippen molar-refractivity contribution in [1.82, 2.24) is 0 Å². The Bertz CT molecular complexity index is 1080. The maximum absolute atomic E-state index is 12.5. The lowest BCUT2D eigenvalue weighted by Crippen LogP contribution is -2.20. The molecule has 0 radical (unpaired) electrons. The summed E-state index contributed by atoms with van der Waals surface area (Å²) in [5.74, 6) is -1.38. The molecule has 0 bridgehead atoms. The fraction of sp³-hybridized carbons (Fsp3) is 0.0455. The van der Waals surface area contributed by atoms with Crippen LogP contribution in [-0.4, -0.2) is 23.0 Å². The summed E-state index contributed by atoms with van der Waals surface area (Å²) in [6.45, 7) is 1.94. The molecular formula is C22H19N3O4. The lowest BCUT2D eigenvalue weighted by Gasteiger charge is -2.10. The van der Waals surface area contributed by atoms with Crippen LogP contribution in [0.1, 0.15) is 26.3 Å². The second kappa shape index (κ2) is 8.71. The van der Waals surface area contributed by atoms with Gasteiger partial charge in [-0.05, 0) is 61.0 Å². The highest BCUT2D eigenvalue weighted by Crippen LogP contribution is 2.16. The SMILES string of the molecule is Cc1cccc(NC(=O)c2cccc(NC(=O)Nc3cccc(C(=O)O)c3)c2)c1. The van der Waals surface area contributed by atoms with E-state index >= 15 is 0 Å². The topological polar surface area (TPSA) is 108 Å². The van der Waals surface area contributed by atoms with Crippen molar-refractivity contribution in [2.24, 2.45) is 0 Å². The van der Waals surface area contributed by atoms with Gasteiger partial charge in [0.1, 0.15) is 0 Å². The first-order valence-corrected chi connectivity index (χ1v) is 8.80. The number of carboxylic acid groups (broad SMARTS) is 1. The number of nitrogens with one attached hydrogen (secondary N) is 3. The number of amides is 3. The van der Waals surface area contributed by atoms with E-state index in [-0.39, 0.29) is 11.5 Å². The Hall–Kier alpha value is -4.13. The average Bonchev–Trinajstić information content (AvgIpc) is 2.68. The first-order chi connectivity index (χ1) is 13.9. The number of carbonyl (C=O) groups excluding carboxylic acids is 2. The molecule has 3 aromatic carbocycles. The van der Waals surface area contributed by atoms with Crippen LogP contribution in [-0.2, 0) is 0 Å². The number of rotatable bonds is 5. The lowest BCUT2D eigenvalue weighted by atomic mass is 10.1. The molecule has 29 heavy (non-hydrogen) atoms. The molecule has 0 saturated carbocycles. The van der Waals surface area contributed by atoms with Crippen LogP contribution in [0.5, 0.6) is 0 Å². The van der Waals surface area contributed by atoms with Crippen LogP contribution in [0.4, 0.5) is 21.9 Å². The van der Waals surface area contributed by atoms with Crippen LogP contribution < -0.4 is 16.0 Å². The predicted octanol–water partition coefficient (Wildman–Crippen LogP) is 4.59. The predicted molar refractivity (Wildman–Crippen MR) is 112 cm³/mol. The lowest BCUT2D eigenvalue weighted by molar-refractivity contribution is 0.0696. The van der Waals surface area contributed by atoms with Gasteiger partial charge in [0.25, 0.3) is 5.91 Å². The van der Waals surface area contributed by atoms with Gasteiger partial charge < -0.3 is 21.1 Å². The summed E-state index contributed by atoms with van der Waals surface area (Å²) in [6, 6.07) is 19.3. The van der Waals surface area contributed by atoms with Crippen LogP contribution in [0.15, 0.2) is 72.8 Å². The van der Waals surface area contributed by atoms with Gasteiger partial charge in [0, 0.05) is 22.6 Å². The van der Waals surface area contributed by atoms with Crippen molar-refractivity contribution in [3.63, 3.8) is 0 Å². The molecule has 0 aliphatic rings. The summed E-state index contributed by atoms with van der Waals surface area (Å²) >= 11 is 0. The van der Waals surface area contributed by atoms with Crippen molar-refractivity contribution < 1.29 is 19.5 Å². The Morgan fingerprint density at radius 3 is 1.79 bits per heavy atom. The van der Waals surface area contributed by atoms with Gasteiger partial charge in [0.2, 0.25) is 0 Å². The Morgan fingerprint density at radius 2 is 1.21 bits per heavy atom. The monoisotopic (exact) mass is 389 g/mol. The Morgan fingerprint density at radius 1 is 0.690 bits per heavy atom. The van der Waals surface area contributed by atoms with Crippen LogP contribution in [0.3, 0.4) is 0 Å². The van der Waals surface area contributed by atoms with Crippen molar-refractivity contribution in [3.05, 3.63) is 89.5 Å². The third-order valence-corrected chi connectivity index (χ3v) is 4.03. The number of anilines is 3. The van der Waals surface area contributed by atoms with Crippen molar-refractivity contribution in [2.45, 2.75) is 6.92 Å². The second-order valence-electron chi connectivity index (χ2n) is 6.37. The van der Waals surface area contributed by atoms with Crippen molar-refractivity contribution in [1.29, 1.82) is 0 Å². The van der Waals surface area contributed by atoms with Crippen LogP contribution in [0, 0.1) is 6.92 Å². The first-order valence-electron chi connectivity index (χ1n) is 8.80. The molecule has 7 heteroatoms. The van der Waals surface area contributed by atoms with Crippen molar-refractivity contribution in [2.75, 3.05) is 16.0 Å². The van der Waals surface area contributed by atoms with E-state index in [0.717, 1.165) is 5.56 Å². The minimum atomic E-state index is -1.08. The molecule has 7 nitrogen and oxygen atoms in total. The number of aromatic carboxylic acids is 1.